The predicted octanol–water partition coefficient (Wildman–Crippen LogP) is 16.2. The molecular weight excluding hydrogens is 579 g/mol. The lowest BCUT2D eigenvalue weighted by atomic mass is 9.97. The van der Waals surface area contributed by atoms with Gasteiger partial charge in [-0.1, -0.05) is 226 Å². The van der Waals surface area contributed by atoms with Crippen LogP contribution in [0.25, 0.3) is 0 Å². The molecule has 0 aliphatic heterocycles. The Labute approximate surface area is 304 Å². The van der Waals surface area contributed by atoms with E-state index in [0.29, 0.717) is 0 Å². The van der Waals surface area contributed by atoms with Crippen LogP contribution in [-0.4, -0.2) is 0 Å². The molecule has 0 aliphatic carbocycles. The minimum atomic E-state index is 1.21. The zero-order chi connectivity index (χ0) is 34.4. The first-order chi connectivity index (χ1) is 23.8. The van der Waals surface area contributed by atoms with Crippen LogP contribution in [0.2, 0.25) is 0 Å². The molecule has 0 fully saturated rings. The Balaban J connectivity index is 2.31. The number of pyridine rings is 1. The van der Waals surface area contributed by atoms with Crippen LogP contribution in [0, 0.1) is 0 Å². The molecule has 0 spiro atoms. The summed E-state index contributed by atoms with van der Waals surface area (Å²) in [4.78, 5) is 0. The summed E-state index contributed by atoms with van der Waals surface area (Å²) in [6, 6.07) is 2.51. The van der Waals surface area contributed by atoms with Gasteiger partial charge >= 0.3 is 0 Å². The predicted molar refractivity (Wildman–Crippen MR) is 217 cm³/mol. The molecular formula is C47H90N+. The summed E-state index contributed by atoms with van der Waals surface area (Å²) in [6.45, 7) is 8.15. The summed E-state index contributed by atoms with van der Waals surface area (Å²) >= 11 is 0. The van der Waals surface area contributed by atoms with Crippen molar-refractivity contribution in [3.63, 3.8) is 0 Å². The highest BCUT2D eigenvalue weighted by Crippen LogP contribution is 2.18. The van der Waals surface area contributed by atoms with Gasteiger partial charge in [0.25, 0.3) is 0 Å². The Morgan fingerprint density at radius 2 is 0.583 bits per heavy atom. The highest BCUT2D eigenvalue weighted by Gasteiger charge is 2.10. The normalized spacial score (nSPS) is 11.6. The molecule has 0 radical (unpaired) electrons. The van der Waals surface area contributed by atoms with E-state index in [9.17, 15) is 0 Å². The molecule has 48 heavy (non-hydrogen) atoms. The topological polar surface area (TPSA) is 3.88 Å². The van der Waals surface area contributed by atoms with Crippen LogP contribution < -0.4 is 4.57 Å². The average molecular weight is 669 g/mol. The van der Waals surface area contributed by atoms with E-state index < -0.39 is 0 Å². The summed E-state index contributed by atoms with van der Waals surface area (Å²) in [7, 11) is 0. The lowest BCUT2D eigenvalue weighted by Crippen LogP contribution is -2.34. The number of aromatic nitrogens is 1. The second-order valence-electron chi connectivity index (χ2n) is 15.9. The molecule has 0 atom stereocenters. The molecule has 1 aromatic rings. The molecule has 282 valence electrons. The van der Waals surface area contributed by atoms with E-state index in [-0.39, 0.29) is 0 Å². The molecule has 0 N–H and O–H groups in total. The highest BCUT2D eigenvalue weighted by atomic mass is 14.9. The van der Waals surface area contributed by atoms with Gasteiger partial charge in [-0.2, -0.15) is 0 Å². The summed E-state index contributed by atoms with van der Waals surface area (Å²) in [6.07, 6.45) is 59.3. The van der Waals surface area contributed by atoms with Crippen molar-refractivity contribution in [3.05, 3.63) is 29.6 Å². The Kier molecular flexibility index (Phi) is 35.2. The van der Waals surface area contributed by atoms with Crippen molar-refractivity contribution < 1.29 is 4.57 Å². The average Bonchev–Trinajstić information content (AvgIpc) is 3.10. The molecule has 0 amide bonds. The van der Waals surface area contributed by atoms with E-state index in [2.05, 4.69) is 43.8 Å². The van der Waals surface area contributed by atoms with Gasteiger partial charge in [0, 0.05) is 18.1 Å². The van der Waals surface area contributed by atoms with E-state index in [1.165, 1.54) is 251 Å². The van der Waals surface area contributed by atoms with E-state index >= 15 is 0 Å². The minimum absolute atomic E-state index is 1.21. The molecule has 0 bridgehead atoms. The smallest absolute Gasteiger partial charge is 0.172 e. The number of hydrogen-bond donors (Lipinski definition) is 0. The third-order valence-corrected chi connectivity index (χ3v) is 11.1. The summed E-state index contributed by atoms with van der Waals surface area (Å²) in [5.41, 5.74) is 3.34. The molecule has 0 saturated carbocycles. The zero-order valence-corrected chi connectivity index (χ0v) is 33.8. The fraction of sp³-hybridized carbons (Fsp3) is 0.894. The highest BCUT2D eigenvalue weighted by molar-refractivity contribution is 5.21. The largest absolute Gasteiger partial charge is 0.205 e. The van der Waals surface area contributed by atoms with Gasteiger partial charge in [0.15, 0.2) is 12.4 Å². The number of aryl methyl sites for hydroxylation is 3. The maximum Gasteiger partial charge on any atom is 0.172 e. The standard InChI is InChI=1S/C47H90N/c1-4-7-10-13-16-19-22-24-26-28-31-34-37-40-46-42-44-48(43-39-36-33-30-21-18-15-12-9-6-3)45-47(46)41-38-35-32-29-27-25-23-20-17-14-11-8-5-2/h42,44-45H,4-41,43H2,1-3H3/q+1. The summed E-state index contributed by atoms with van der Waals surface area (Å²) < 4.78 is 2.54. The number of nitrogens with zero attached hydrogens (tertiary/aromatic N) is 1. The van der Waals surface area contributed by atoms with Crippen LogP contribution >= 0.6 is 0 Å². The van der Waals surface area contributed by atoms with Crippen molar-refractivity contribution in [2.45, 2.75) is 271 Å². The van der Waals surface area contributed by atoms with Crippen LogP contribution in [0.15, 0.2) is 18.5 Å². The minimum Gasteiger partial charge on any atom is -0.205 e. The Morgan fingerprint density at radius 1 is 0.312 bits per heavy atom. The zero-order valence-electron chi connectivity index (χ0n) is 33.8. The molecule has 1 nitrogen and oxygen atoms in total. The summed E-state index contributed by atoms with van der Waals surface area (Å²) in [5, 5.41) is 0. The number of rotatable bonds is 39. The lowest BCUT2D eigenvalue weighted by molar-refractivity contribution is -0.697. The van der Waals surface area contributed by atoms with Gasteiger partial charge < -0.3 is 0 Å². The Hall–Kier alpha value is -0.850. The van der Waals surface area contributed by atoms with E-state index in [1.54, 1.807) is 11.1 Å². The van der Waals surface area contributed by atoms with Crippen LogP contribution in [0.5, 0.6) is 0 Å². The van der Waals surface area contributed by atoms with Gasteiger partial charge in [-0.3, -0.25) is 0 Å². The van der Waals surface area contributed by atoms with E-state index in [4.69, 9.17) is 0 Å². The van der Waals surface area contributed by atoms with Gasteiger partial charge in [-0.25, -0.2) is 4.57 Å². The first-order valence-electron chi connectivity index (χ1n) is 22.8. The Bertz CT molecular complexity index is 753. The fourth-order valence-electron chi connectivity index (χ4n) is 7.68. The second-order valence-corrected chi connectivity index (χ2v) is 15.9. The molecule has 0 unspecified atom stereocenters. The van der Waals surface area contributed by atoms with Crippen molar-refractivity contribution in [2.75, 3.05) is 0 Å². The van der Waals surface area contributed by atoms with Crippen molar-refractivity contribution in [1.82, 2.24) is 0 Å². The monoisotopic (exact) mass is 669 g/mol. The molecule has 1 heterocycles. The van der Waals surface area contributed by atoms with Gasteiger partial charge in [0.2, 0.25) is 0 Å². The van der Waals surface area contributed by atoms with Gasteiger partial charge in [-0.15, -0.1) is 0 Å². The van der Waals surface area contributed by atoms with Crippen molar-refractivity contribution >= 4 is 0 Å². The molecule has 0 aliphatic rings. The van der Waals surface area contributed by atoms with Crippen molar-refractivity contribution in [1.29, 1.82) is 0 Å². The van der Waals surface area contributed by atoms with Crippen LogP contribution in [-0.2, 0) is 19.4 Å². The van der Waals surface area contributed by atoms with Crippen LogP contribution in [0.1, 0.15) is 263 Å². The van der Waals surface area contributed by atoms with Crippen molar-refractivity contribution in [2.24, 2.45) is 0 Å². The van der Waals surface area contributed by atoms with Gasteiger partial charge in [0.05, 0.1) is 0 Å². The number of unbranched alkanes of at least 4 members (excludes halogenated alkanes) is 33. The fourth-order valence-corrected chi connectivity index (χ4v) is 7.68. The van der Waals surface area contributed by atoms with Crippen LogP contribution in [0.4, 0.5) is 0 Å². The third-order valence-electron chi connectivity index (χ3n) is 11.1. The molecule has 1 rings (SSSR count). The summed E-state index contributed by atoms with van der Waals surface area (Å²) in [5.74, 6) is 0. The SMILES string of the molecule is CCCCCCCCCCCCCCCc1cc[n+](CCCCCCCCCCCC)cc1CCCCCCCCCCCCCCC. The lowest BCUT2D eigenvalue weighted by Gasteiger charge is -2.10. The first-order valence-corrected chi connectivity index (χ1v) is 22.8. The molecule has 1 heteroatoms. The third kappa shape index (κ3) is 30.0. The van der Waals surface area contributed by atoms with E-state index in [0.717, 1.165) is 0 Å². The van der Waals surface area contributed by atoms with Gasteiger partial charge in [-0.05, 0) is 37.7 Å². The Morgan fingerprint density at radius 3 is 0.917 bits per heavy atom. The first kappa shape index (κ1) is 45.2. The van der Waals surface area contributed by atoms with Crippen LogP contribution in [0.3, 0.4) is 0 Å². The molecule has 0 saturated heterocycles. The van der Waals surface area contributed by atoms with E-state index in [1.807, 2.05) is 0 Å². The maximum atomic E-state index is 2.56. The maximum absolute atomic E-state index is 2.56. The van der Waals surface area contributed by atoms with Gasteiger partial charge in [0.1, 0.15) is 6.54 Å². The molecule has 0 aromatic carbocycles. The second kappa shape index (κ2) is 37.4. The van der Waals surface area contributed by atoms with Crippen molar-refractivity contribution in [3.8, 4) is 0 Å². The molecule has 1 aromatic heterocycles. The number of hydrogen-bond acceptors (Lipinski definition) is 0. The quantitative estimate of drug-likeness (QED) is 0.0485.